The Kier molecular flexibility index (Phi) is 6.02. The van der Waals surface area contributed by atoms with Crippen LogP contribution in [0.2, 0.25) is 10.0 Å². The number of carbonyl (C=O) groups is 1. The number of benzene rings is 2. The molecule has 0 saturated heterocycles. The number of aryl methyl sites for hydroxylation is 2. The van der Waals surface area contributed by atoms with Gasteiger partial charge in [-0.3, -0.25) is 4.79 Å². The molecule has 120 valence electrons. The summed E-state index contributed by atoms with van der Waals surface area (Å²) in [4.78, 5) is 11.7. The zero-order valence-electron chi connectivity index (χ0n) is 12.8. The summed E-state index contributed by atoms with van der Waals surface area (Å²) in [5.41, 5.74) is 5.05. The van der Waals surface area contributed by atoms with E-state index in [1.165, 1.54) is 6.21 Å². The average molecular weight is 351 g/mol. The molecule has 0 saturated carbocycles. The molecule has 2 aromatic carbocycles. The van der Waals surface area contributed by atoms with Gasteiger partial charge in [0.2, 0.25) is 0 Å². The summed E-state index contributed by atoms with van der Waals surface area (Å²) in [5.74, 6) is 0.322. The fourth-order valence-electron chi connectivity index (χ4n) is 1.83. The van der Waals surface area contributed by atoms with Crippen LogP contribution in [0.15, 0.2) is 41.5 Å². The Balaban J connectivity index is 1.89. The number of carbonyl (C=O) groups excluding carboxylic acids is 1. The molecule has 0 heterocycles. The van der Waals surface area contributed by atoms with E-state index >= 15 is 0 Å². The fraction of sp³-hybridized carbons (Fsp3) is 0.176. The van der Waals surface area contributed by atoms with Crippen LogP contribution in [0.5, 0.6) is 5.75 Å². The predicted octanol–water partition coefficient (Wildman–Crippen LogP) is 4.14. The summed E-state index contributed by atoms with van der Waals surface area (Å²) in [6.45, 7) is 3.77. The zero-order chi connectivity index (χ0) is 16.8. The Morgan fingerprint density at radius 3 is 2.83 bits per heavy atom. The molecule has 6 heteroatoms. The number of nitrogens with one attached hydrogen (secondary N) is 1. The van der Waals surface area contributed by atoms with E-state index in [0.29, 0.717) is 21.4 Å². The lowest BCUT2D eigenvalue weighted by Gasteiger charge is -2.08. The van der Waals surface area contributed by atoms with Crippen molar-refractivity contribution in [2.45, 2.75) is 13.8 Å². The minimum Gasteiger partial charge on any atom is -0.483 e. The molecule has 0 aliphatic heterocycles. The van der Waals surface area contributed by atoms with Crippen LogP contribution >= 0.6 is 23.2 Å². The molecular weight excluding hydrogens is 335 g/mol. The topological polar surface area (TPSA) is 50.7 Å². The second kappa shape index (κ2) is 7.99. The van der Waals surface area contributed by atoms with E-state index in [1.54, 1.807) is 18.2 Å². The van der Waals surface area contributed by atoms with Crippen LogP contribution in [0.3, 0.4) is 0 Å². The highest BCUT2D eigenvalue weighted by molar-refractivity contribution is 6.43. The van der Waals surface area contributed by atoms with Crippen LogP contribution in [-0.4, -0.2) is 18.7 Å². The quantitative estimate of drug-likeness (QED) is 0.650. The molecule has 0 radical (unpaired) electrons. The highest BCUT2D eigenvalue weighted by atomic mass is 35.5. The highest BCUT2D eigenvalue weighted by Gasteiger charge is 2.05. The molecule has 0 atom stereocenters. The minimum absolute atomic E-state index is 0.120. The molecule has 0 aromatic heterocycles. The van der Waals surface area contributed by atoms with Gasteiger partial charge in [0.05, 0.1) is 16.3 Å². The maximum Gasteiger partial charge on any atom is 0.277 e. The molecule has 0 aliphatic rings. The summed E-state index contributed by atoms with van der Waals surface area (Å²) in [5, 5.41) is 4.67. The third-order valence-electron chi connectivity index (χ3n) is 3.08. The maximum atomic E-state index is 11.7. The van der Waals surface area contributed by atoms with E-state index in [-0.39, 0.29) is 12.5 Å². The first-order valence-electron chi connectivity index (χ1n) is 6.93. The van der Waals surface area contributed by atoms with Gasteiger partial charge < -0.3 is 4.74 Å². The van der Waals surface area contributed by atoms with Crippen LogP contribution in [-0.2, 0) is 4.79 Å². The van der Waals surface area contributed by atoms with Gasteiger partial charge in [0.1, 0.15) is 5.75 Å². The lowest BCUT2D eigenvalue weighted by atomic mass is 10.1. The molecular formula is C17H16Cl2N2O2. The van der Waals surface area contributed by atoms with Gasteiger partial charge in [0.25, 0.3) is 5.91 Å². The van der Waals surface area contributed by atoms with Gasteiger partial charge in [-0.25, -0.2) is 5.43 Å². The normalized spacial score (nSPS) is 10.8. The molecule has 0 fully saturated rings. The molecule has 1 amide bonds. The number of nitrogens with zero attached hydrogens (tertiary/aromatic N) is 1. The van der Waals surface area contributed by atoms with Crippen LogP contribution in [0.4, 0.5) is 0 Å². The SMILES string of the molecule is Cc1ccc(C)c(OCC(=O)N/N=C/c2cccc(Cl)c2Cl)c1. The molecule has 2 rings (SSSR count). The summed E-state index contributed by atoms with van der Waals surface area (Å²) in [6, 6.07) is 11.0. The Morgan fingerprint density at radius 1 is 1.26 bits per heavy atom. The third kappa shape index (κ3) is 4.98. The van der Waals surface area contributed by atoms with Crippen molar-refractivity contribution in [3.05, 3.63) is 63.1 Å². The Labute approximate surface area is 145 Å². The largest absolute Gasteiger partial charge is 0.483 e. The van der Waals surface area contributed by atoms with E-state index in [4.69, 9.17) is 27.9 Å². The molecule has 0 unspecified atom stereocenters. The van der Waals surface area contributed by atoms with Crippen LogP contribution in [0.1, 0.15) is 16.7 Å². The standard InChI is InChI=1S/C17H16Cl2N2O2/c1-11-6-7-12(2)15(8-11)23-10-16(22)21-20-9-13-4-3-5-14(18)17(13)19/h3-9H,10H2,1-2H3,(H,21,22)/b20-9+. The van der Waals surface area contributed by atoms with Gasteiger partial charge in [-0.1, -0.05) is 47.5 Å². The van der Waals surface area contributed by atoms with Crippen molar-refractivity contribution >= 4 is 35.3 Å². The highest BCUT2D eigenvalue weighted by Crippen LogP contribution is 2.24. The van der Waals surface area contributed by atoms with Gasteiger partial charge in [0.15, 0.2) is 6.61 Å². The second-order valence-electron chi connectivity index (χ2n) is 4.99. The third-order valence-corrected chi connectivity index (χ3v) is 3.91. The van der Waals surface area contributed by atoms with Crippen molar-refractivity contribution < 1.29 is 9.53 Å². The number of amides is 1. The van der Waals surface area contributed by atoms with Crippen LogP contribution < -0.4 is 10.2 Å². The average Bonchev–Trinajstić information content (AvgIpc) is 2.52. The van der Waals surface area contributed by atoms with E-state index in [2.05, 4.69) is 10.5 Å². The van der Waals surface area contributed by atoms with Crippen molar-refractivity contribution in [2.75, 3.05) is 6.61 Å². The smallest absolute Gasteiger partial charge is 0.277 e. The number of hydrogen-bond donors (Lipinski definition) is 1. The van der Waals surface area contributed by atoms with Gasteiger partial charge in [0, 0.05) is 5.56 Å². The van der Waals surface area contributed by atoms with E-state index in [9.17, 15) is 4.79 Å². The van der Waals surface area contributed by atoms with Crippen LogP contribution in [0.25, 0.3) is 0 Å². The number of hydrogen-bond acceptors (Lipinski definition) is 3. The number of ether oxygens (including phenoxy) is 1. The number of rotatable bonds is 5. The Morgan fingerprint density at radius 2 is 2.04 bits per heavy atom. The first-order valence-corrected chi connectivity index (χ1v) is 7.69. The lowest BCUT2D eigenvalue weighted by Crippen LogP contribution is -2.24. The number of halogens is 2. The summed E-state index contributed by atoms with van der Waals surface area (Å²) < 4.78 is 5.49. The van der Waals surface area contributed by atoms with Crippen molar-refractivity contribution in [3.63, 3.8) is 0 Å². The molecule has 1 N–H and O–H groups in total. The lowest BCUT2D eigenvalue weighted by molar-refractivity contribution is -0.123. The maximum absolute atomic E-state index is 11.7. The van der Waals surface area contributed by atoms with Gasteiger partial charge in [-0.2, -0.15) is 5.10 Å². The Hall–Kier alpha value is -2.04. The monoisotopic (exact) mass is 350 g/mol. The van der Waals surface area contributed by atoms with Crippen molar-refractivity contribution in [2.24, 2.45) is 5.10 Å². The van der Waals surface area contributed by atoms with Crippen molar-refractivity contribution in [1.82, 2.24) is 5.43 Å². The van der Waals surface area contributed by atoms with Crippen LogP contribution in [0, 0.1) is 13.8 Å². The molecule has 0 bridgehead atoms. The zero-order valence-corrected chi connectivity index (χ0v) is 14.3. The van der Waals surface area contributed by atoms with E-state index in [1.807, 2.05) is 32.0 Å². The molecule has 4 nitrogen and oxygen atoms in total. The van der Waals surface area contributed by atoms with Gasteiger partial charge >= 0.3 is 0 Å². The Bertz CT molecular complexity index is 745. The first-order chi connectivity index (χ1) is 11.0. The summed E-state index contributed by atoms with van der Waals surface area (Å²) in [7, 11) is 0. The molecule has 0 aliphatic carbocycles. The fourth-order valence-corrected chi connectivity index (χ4v) is 2.19. The molecule has 2 aromatic rings. The molecule has 23 heavy (non-hydrogen) atoms. The summed E-state index contributed by atoms with van der Waals surface area (Å²) in [6.07, 6.45) is 1.43. The number of hydrazone groups is 1. The second-order valence-corrected chi connectivity index (χ2v) is 5.78. The minimum atomic E-state index is -0.361. The van der Waals surface area contributed by atoms with Gasteiger partial charge in [-0.15, -0.1) is 0 Å². The predicted molar refractivity (Wildman–Crippen MR) is 93.6 cm³/mol. The van der Waals surface area contributed by atoms with Gasteiger partial charge in [-0.05, 0) is 37.1 Å². The first kappa shape index (κ1) is 17.3. The van der Waals surface area contributed by atoms with E-state index < -0.39 is 0 Å². The van der Waals surface area contributed by atoms with Crippen molar-refractivity contribution in [1.29, 1.82) is 0 Å². The van der Waals surface area contributed by atoms with E-state index in [0.717, 1.165) is 11.1 Å². The summed E-state index contributed by atoms with van der Waals surface area (Å²) >= 11 is 11.9. The molecule has 0 spiro atoms. The van der Waals surface area contributed by atoms with Crippen molar-refractivity contribution in [3.8, 4) is 5.75 Å².